The lowest BCUT2D eigenvalue weighted by Gasteiger charge is -2.38. The molecule has 1 N–H and O–H groups in total. The molecule has 0 bridgehead atoms. The van der Waals surface area contributed by atoms with Crippen LogP contribution in [0.4, 0.5) is 10.1 Å². The highest BCUT2D eigenvalue weighted by molar-refractivity contribution is 5.94. The van der Waals surface area contributed by atoms with Gasteiger partial charge in [-0.25, -0.2) is 4.39 Å². The highest BCUT2D eigenvalue weighted by Crippen LogP contribution is 2.15. The number of hydrogen-bond donors (Lipinski definition) is 1. The lowest BCUT2D eigenvalue weighted by Crippen LogP contribution is -2.54. The van der Waals surface area contributed by atoms with Crippen molar-refractivity contribution in [2.75, 3.05) is 31.5 Å². The number of carbonyl (C=O) groups is 2. The minimum absolute atomic E-state index is 0.00583. The fourth-order valence-electron chi connectivity index (χ4n) is 2.78. The fraction of sp³-hybridized carbons (Fsp3) is 0.556. The van der Waals surface area contributed by atoms with Crippen LogP contribution in [0.5, 0.6) is 0 Å². The Labute approximate surface area is 142 Å². The van der Waals surface area contributed by atoms with E-state index in [2.05, 4.69) is 5.32 Å². The minimum Gasteiger partial charge on any atom is -0.340 e. The Hall–Kier alpha value is -1.95. The molecule has 2 amide bonds. The molecule has 1 saturated heterocycles. The normalized spacial score (nSPS) is 17.0. The van der Waals surface area contributed by atoms with Crippen LogP contribution >= 0.6 is 0 Å². The molecule has 2 rings (SSSR count). The first-order valence-electron chi connectivity index (χ1n) is 8.39. The van der Waals surface area contributed by atoms with Gasteiger partial charge in [0.25, 0.3) is 0 Å². The molecular formula is C18H26FN3O2. The summed E-state index contributed by atoms with van der Waals surface area (Å²) >= 11 is 0. The smallest absolute Gasteiger partial charge is 0.241 e. The number of piperazine rings is 1. The van der Waals surface area contributed by atoms with Gasteiger partial charge < -0.3 is 10.2 Å². The first-order chi connectivity index (χ1) is 11.3. The van der Waals surface area contributed by atoms with Crippen LogP contribution in [0.25, 0.3) is 0 Å². The molecule has 0 radical (unpaired) electrons. The molecular weight excluding hydrogens is 309 g/mol. The third-order valence-corrected chi connectivity index (χ3v) is 4.49. The molecule has 6 heteroatoms. The van der Waals surface area contributed by atoms with Gasteiger partial charge in [0.05, 0.1) is 6.04 Å². The molecule has 1 aliphatic rings. The zero-order valence-corrected chi connectivity index (χ0v) is 14.8. The second-order valence-electron chi connectivity index (χ2n) is 6.65. The SMILES string of the molecule is Cc1ccc(NC(=O)[C@H](C)N2CCN(C(=O)C(C)C)CC2)cc1F. The molecule has 1 aromatic carbocycles. The predicted octanol–water partition coefficient (Wildman–Crippen LogP) is 2.26. The van der Waals surface area contributed by atoms with Crippen LogP contribution in [0.2, 0.25) is 0 Å². The quantitative estimate of drug-likeness (QED) is 0.918. The van der Waals surface area contributed by atoms with E-state index < -0.39 is 0 Å². The molecule has 132 valence electrons. The van der Waals surface area contributed by atoms with Crippen molar-refractivity contribution in [1.82, 2.24) is 9.80 Å². The van der Waals surface area contributed by atoms with E-state index in [0.29, 0.717) is 37.4 Å². The number of anilines is 1. The number of aryl methyl sites for hydroxylation is 1. The van der Waals surface area contributed by atoms with E-state index in [9.17, 15) is 14.0 Å². The van der Waals surface area contributed by atoms with Crippen molar-refractivity contribution in [3.05, 3.63) is 29.6 Å². The number of carbonyl (C=O) groups excluding carboxylic acids is 2. The molecule has 1 atom stereocenters. The van der Waals surface area contributed by atoms with Crippen LogP contribution in [0.3, 0.4) is 0 Å². The maximum Gasteiger partial charge on any atom is 0.241 e. The van der Waals surface area contributed by atoms with E-state index in [1.807, 2.05) is 30.6 Å². The molecule has 1 heterocycles. The molecule has 0 saturated carbocycles. The number of halogens is 1. The average Bonchev–Trinajstić information content (AvgIpc) is 2.56. The summed E-state index contributed by atoms with van der Waals surface area (Å²) in [5, 5.41) is 2.76. The Kier molecular flexibility index (Phi) is 5.94. The summed E-state index contributed by atoms with van der Waals surface area (Å²) in [4.78, 5) is 28.3. The Morgan fingerprint density at radius 3 is 2.29 bits per heavy atom. The number of amides is 2. The maximum atomic E-state index is 13.6. The van der Waals surface area contributed by atoms with Gasteiger partial charge in [-0.05, 0) is 31.5 Å². The highest BCUT2D eigenvalue weighted by atomic mass is 19.1. The summed E-state index contributed by atoms with van der Waals surface area (Å²) in [5.74, 6) is -0.348. The van der Waals surface area contributed by atoms with Crippen LogP contribution in [-0.2, 0) is 9.59 Å². The van der Waals surface area contributed by atoms with Gasteiger partial charge in [-0.3, -0.25) is 14.5 Å². The lowest BCUT2D eigenvalue weighted by molar-refractivity contribution is -0.136. The molecule has 1 aliphatic heterocycles. The Morgan fingerprint density at radius 2 is 1.75 bits per heavy atom. The molecule has 1 fully saturated rings. The summed E-state index contributed by atoms with van der Waals surface area (Å²) in [7, 11) is 0. The second kappa shape index (κ2) is 7.75. The number of benzene rings is 1. The Balaban J connectivity index is 1.90. The predicted molar refractivity (Wildman–Crippen MR) is 92.2 cm³/mol. The van der Waals surface area contributed by atoms with Crippen molar-refractivity contribution in [3.63, 3.8) is 0 Å². The monoisotopic (exact) mass is 335 g/mol. The number of rotatable bonds is 4. The molecule has 5 nitrogen and oxygen atoms in total. The molecule has 0 aromatic heterocycles. The standard InChI is InChI=1S/C18H26FN3O2/c1-12(2)18(24)22-9-7-21(8-10-22)14(4)17(23)20-15-6-5-13(3)16(19)11-15/h5-6,11-12,14H,7-10H2,1-4H3,(H,20,23)/t14-/m0/s1. The van der Waals surface area contributed by atoms with E-state index in [-0.39, 0.29) is 29.6 Å². The topological polar surface area (TPSA) is 52.7 Å². The van der Waals surface area contributed by atoms with Crippen molar-refractivity contribution < 1.29 is 14.0 Å². The van der Waals surface area contributed by atoms with Gasteiger partial charge in [0, 0.05) is 37.8 Å². The van der Waals surface area contributed by atoms with Crippen molar-refractivity contribution in [1.29, 1.82) is 0 Å². The van der Waals surface area contributed by atoms with Crippen molar-refractivity contribution >= 4 is 17.5 Å². The molecule has 0 aliphatic carbocycles. The number of hydrogen-bond acceptors (Lipinski definition) is 3. The van der Waals surface area contributed by atoms with Gasteiger partial charge in [0.1, 0.15) is 5.82 Å². The largest absolute Gasteiger partial charge is 0.340 e. The third-order valence-electron chi connectivity index (χ3n) is 4.49. The maximum absolute atomic E-state index is 13.6. The van der Waals surface area contributed by atoms with Gasteiger partial charge in [0.15, 0.2) is 0 Å². The zero-order chi connectivity index (χ0) is 17.9. The van der Waals surface area contributed by atoms with Crippen molar-refractivity contribution in [2.45, 2.75) is 33.7 Å². The van der Waals surface area contributed by atoms with Crippen molar-refractivity contribution in [3.8, 4) is 0 Å². The first kappa shape index (κ1) is 18.4. The van der Waals surface area contributed by atoms with Crippen LogP contribution in [0, 0.1) is 18.7 Å². The van der Waals surface area contributed by atoms with Crippen LogP contribution in [0.15, 0.2) is 18.2 Å². The van der Waals surface area contributed by atoms with E-state index in [4.69, 9.17) is 0 Å². The highest BCUT2D eigenvalue weighted by Gasteiger charge is 2.28. The minimum atomic E-state index is -0.332. The molecule has 0 unspecified atom stereocenters. The van der Waals surface area contributed by atoms with Crippen LogP contribution < -0.4 is 5.32 Å². The summed E-state index contributed by atoms with van der Waals surface area (Å²) in [5.41, 5.74) is 1.01. The Bertz CT molecular complexity index is 610. The fourth-order valence-corrected chi connectivity index (χ4v) is 2.78. The van der Waals surface area contributed by atoms with Gasteiger partial charge in [-0.15, -0.1) is 0 Å². The molecule has 24 heavy (non-hydrogen) atoms. The van der Waals surface area contributed by atoms with Gasteiger partial charge in [-0.1, -0.05) is 19.9 Å². The zero-order valence-electron chi connectivity index (χ0n) is 14.8. The van der Waals surface area contributed by atoms with E-state index >= 15 is 0 Å². The number of nitrogens with one attached hydrogen (secondary N) is 1. The third kappa shape index (κ3) is 4.32. The van der Waals surface area contributed by atoms with Crippen molar-refractivity contribution in [2.24, 2.45) is 5.92 Å². The number of nitrogens with zero attached hydrogens (tertiary/aromatic N) is 2. The first-order valence-corrected chi connectivity index (χ1v) is 8.39. The van der Waals surface area contributed by atoms with Gasteiger partial charge in [-0.2, -0.15) is 0 Å². The van der Waals surface area contributed by atoms with E-state index in [1.165, 1.54) is 6.07 Å². The summed E-state index contributed by atoms with van der Waals surface area (Å²) in [6, 6.07) is 4.35. The van der Waals surface area contributed by atoms with Crippen LogP contribution in [-0.4, -0.2) is 53.8 Å². The molecule has 1 aromatic rings. The summed E-state index contributed by atoms with van der Waals surface area (Å²) in [6.07, 6.45) is 0. The average molecular weight is 335 g/mol. The summed E-state index contributed by atoms with van der Waals surface area (Å²) < 4.78 is 13.6. The lowest BCUT2D eigenvalue weighted by atomic mass is 10.1. The van der Waals surface area contributed by atoms with E-state index in [0.717, 1.165) is 0 Å². The van der Waals surface area contributed by atoms with Gasteiger partial charge >= 0.3 is 0 Å². The molecule has 0 spiro atoms. The van der Waals surface area contributed by atoms with E-state index in [1.54, 1.807) is 19.1 Å². The summed E-state index contributed by atoms with van der Waals surface area (Å²) in [6.45, 7) is 9.89. The Morgan fingerprint density at radius 1 is 1.12 bits per heavy atom. The van der Waals surface area contributed by atoms with Gasteiger partial charge in [0.2, 0.25) is 11.8 Å². The second-order valence-corrected chi connectivity index (χ2v) is 6.65. The van der Waals surface area contributed by atoms with Crippen LogP contribution in [0.1, 0.15) is 26.3 Å².